The minimum Gasteiger partial charge on any atom is -0.376 e. The van der Waals surface area contributed by atoms with Crippen molar-refractivity contribution in [3.63, 3.8) is 0 Å². The van der Waals surface area contributed by atoms with Crippen molar-refractivity contribution in [2.45, 2.75) is 6.73 Å². The maximum atomic E-state index is 9.01. The highest BCUT2D eigenvalue weighted by Gasteiger charge is 2.05. The van der Waals surface area contributed by atoms with Crippen LogP contribution in [0.4, 0.5) is 0 Å². The Bertz CT molecular complexity index is 424. The standard InChI is InChI=1S/C9H8BrN3O/c10-7-1-2-8(12-5-7)9-11-3-4-13(9)6-14/h1-5,14H,6H2. The molecule has 0 amide bonds. The van der Waals surface area contributed by atoms with Crippen LogP contribution in [0.15, 0.2) is 35.2 Å². The first-order valence-electron chi connectivity index (χ1n) is 4.05. The predicted molar refractivity (Wildman–Crippen MR) is 55.4 cm³/mol. The highest BCUT2D eigenvalue weighted by molar-refractivity contribution is 9.10. The molecule has 1 N–H and O–H groups in total. The van der Waals surface area contributed by atoms with E-state index in [0.717, 1.165) is 10.2 Å². The normalized spacial score (nSPS) is 10.4. The first-order valence-corrected chi connectivity index (χ1v) is 4.84. The van der Waals surface area contributed by atoms with Gasteiger partial charge < -0.3 is 9.67 Å². The summed E-state index contributed by atoms with van der Waals surface area (Å²) in [5.41, 5.74) is 0.743. The molecule has 4 nitrogen and oxygen atoms in total. The number of nitrogens with zero attached hydrogens (tertiary/aromatic N) is 3. The van der Waals surface area contributed by atoms with Crippen molar-refractivity contribution in [2.75, 3.05) is 0 Å². The first-order chi connectivity index (χ1) is 6.81. The summed E-state index contributed by atoms with van der Waals surface area (Å²) < 4.78 is 2.54. The summed E-state index contributed by atoms with van der Waals surface area (Å²) in [4.78, 5) is 8.30. The van der Waals surface area contributed by atoms with Crippen LogP contribution in [-0.4, -0.2) is 19.6 Å². The fourth-order valence-corrected chi connectivity index (χ4v) is 1.40. The molecule has 0 unspecified atom stereocenters. The monoisotopic (exact) mass is 253 g/mol. The molecule has 0 saturated carbocycles. The Kier molecular flexibility index (Phi) is 2.60. The quantitative estimate of drug-likeness (QED) is 0.886. The summed E-state index contributed by atoms with van der Waals surface area (Å²) in [6.07, 6.45) is 5.04. The Morgan fingerprint density at radius 2 is 2.21 bits per heavy atom. The van der Waals surface area contributed by atoms with Crippen molar-refractivity contribution < 1.29 is 5.11 Å². The molecule has 2 aromatic heterocycles. The second kappa shape index (κ2) is 3.89. The third kappa shape index (κ3) is 1.69. The topological polar surface area (TPSA) is 50.9 Å². The molecule has 0 fully saturated rings. The van der Waals surface area contributed by atoms with Gasteiger partial charge >= 0.3 is 0 Å². The van der Waals surface area contributed by atoms with Gasteiger partial charge in [0.15, 0.2) is 5.82 Å². The molecule has 0 bridgehead atoms. The van der Waals surface area contributed by atoms with E-state index in [4.69, 9.17) is 5.11 Å². The average Bonchev–Trinajstić information content (AvgIpc) is 2.67. The third-order valence-electron chi connectivity index (χ3n) is 1.82. The van der Waals surface area contributed by atoms with Crippen LogP contribution in [0.25, 0.3) is 11.5 Å². The third-order valence-corrected chi connectivity index (χ3v) is 2.29. The minimum atomic E-state index is -0.0902. The number of hydrogen-bond acceptors (Lipinski definition) is 3. The van der Waals surface area contributed by atoms with Gasteiger partial charge in [-0.05, 0) is 28.1 Å². The predicted octanol–water partition coefficient (Wildman–Crippen LogP) is 1.66. The fourth-order valence-electron chi connectivity index (χ4n) is 1.16. The number of pyridine rings is 1. The van der Waals surface area contributed by atoms with E-state index >= 15 is 0 Å². The average molecular weight is 254 g/mol. The molecule has 0 atom stereocenters. The van der Waals surface area contributed by atoms with Gasteiger partial charge in [-0.1, -0.05) is 0 Å². The molecule has 72 valence electrons. The number of aromatic nitrogens is 3. The summed E-state index contributed by atoms with van der Waals surface area (Å²) in [6, 6.07) is 3.73. The molecular formula is C9H8BrN3O. The van der Waals surface area contributed by atoms with E-state index in [1.54, 1.807) is 23.2 Å². The number of aliphatic hydroxyl groups is 1. The molecule has 0 aromatic carbocycles. The van der Waals surface area contributed by atoms with E-state index in [0.29, 0.717) is 5.82 Å². The van der Waals surface area contributed by atoms with Crippen molar-refractivity contribution in [1.82, 2.24) is 14.5 Å². The van der Waals surface area contributed by atoms with Crippen LogP contribution in [0.5, 0.6) is 0 Å². The summed E-state index contributed by atoms with van der Waals surface area (Å²) in [7, 11) is 0. The lowest BCUT2D eigenvalue weighted by Crippen LogP contribution is -1.99. The molecule has 0 aliphatic carbocycles. The fraction of sp³-hybridized carbons (Fsp3) is 0.111. The van der Waals surface area contributed by atoms with Crippen LogP contribution in [0.2, 0.25) is 0 Å². The van der Waals surface area contributed by atoms with Crippen LogP contribution < -0.4 is 0 Å². The molecule has 0 aliphatic rings. The van der Waals surface area contributed by atoms with Crippen LogP contribution in [-0.2, 0) is 6.73 Å². The highest BCUT2D eigenvalue weighted by atomic mass is 79.9. The summed E-state index contributed by atoms with van der Waals surface area (Å²) in [6.45, 7) is -0.0902. The zero-order chi connectivity index (χ0) is 9.97. The number of halogens is 1. The molecular weight excluding hydrogens is 246 g/mol. The van der Waals surface area contributed by atoms with Crippen molar-refractivity contribution in [3.8, 4) is 11.5 Å². The molecule has 0 aliphatic heterocycles. The molecule has 2 rings (SSSR count). The van der Waals surface area contributed by atoms with Crippen LogP contribution in [0.3, 0.4) is 0 Å². The number of imidazole rings is 1. The van der Waals surface area contributed by atoms with Crippen LogP contribution in [0.1, 0.15) is 0 Å². The zero-order valence-corrected chi connectivity index (χ0v) is 8.85. The van der Waals surface area contributed by atoms with E-state index in [9.17, 15) is 0 Å². The lowest BCUT2D eigenvalue weighted by atomic mass is 10.3. The molecule has 2 aromatic rings. The SMILES string of the molecule is OCn1ccnc1-c1ccc(Br)cn1. The van der Waals surface area contributed by atoms with Gasteiger partial charge in [-0.25, -0.2) is 4.98 Å². The van der Waals surface area contributed by atoms with Gasteiger partial charge in [-0.15, -0.1) is 0 Å². The molecule has 0 radical (unpaired) electrons. The highest BCUT2D eigenvalue weighted by Crippen LogP contribution is 2.16. The largest absolute Gasteiger partial charge is 0.376 e. The summed E-state index contributed by atoms with van der Waals surface area (Å²) in [5.74, 6) is 0.667. The van der Waals surface area contributed by atoms with E-state index in [-0.39, 0.29) is 6.73 Å². The van der Waals surface area contributed by atoms with Crippen molar-refractivity contribution >= 4 is 15.9 Å². The van der Waals surface area contributed by atoms with Gasteiger partial charge in [0.25, 0.3) is 0 Å². The van der Waals surface area contributed by atoms with E-state index < -0.39 is 0 Å². The Morgan fingerprint density at radius 3 is 2.86 bits per heavy atom. The maximum absolute atomic E-state index is 9.01. The van der Waals surface area contributed by atoms with Crippen molar-refractivity contribution in [2.24, 2.45) is 0 Å². The molecule has 14 heavy (non-hydrogen) atoms. The van der Waals surface area contributed by atoms with Crippen molar-refractivity contribution in [1.29, 1.82) is 0 Å². The molecule has 5 heteroatoms. The smallest absolute Gasteiger partial charge is 0.160 e. The van der Waals surface area contributed by atoms with E-state index in [1.807, 2.05) is 12.1 Å². The van der Waals surface area contributed by atoms with Gasteiger partial charge in [0, 0.05) is 23.1 Å². The lowest BCUT2D eigenvalue weighted by Gasteiger charge is -2.02. The molecule has 2 heterocycles. The van der Waals surface area contributed by atoms with E-state index in [1.165, 1.54) is 0 Å². The van der Waals surface area contributed by atoms with Gasteiger partial charge in [0.05, 0.1) is 0 Å². The molecule has 0 spiro atoms. The van der Waals surface area contributed by atoms with Crippen LogP contribution >= 0.6 is 15.9 Å². The van der Waals surface area contributed by atoms with Crippen molar-refractivity contribution in [3.05, 3.63) is 35.2 Å². The number of aliphatic hydroxyl groups excluding tert-OH is 1. The minimum absolute atomic E-state index is 0.0902. The zero-order valence-electron chi connectivity index (χ0n) is 7.26. The summed E-state index contributed by atoms with van der Waals surface area (Å²) in [5, 5.41) is 9.01. The van der Waals surface area contributed by atoms with Gasteiger partial charge in [0.1, 0.15) is 12.4 Å². The van der Waals surface area contributed by atoms with Gasteiger partial charge in [0.2, 0.25) is 0 Å². The second-order valence-corrected chi connectivity index (χ2v) is 3.64. The Hall–Kier alpha value is -1.20. The maximum Gasteiger partial charge on any atom is 0.160 e. The Morgan fingerprint density at radius 1 is 1.36 bits per heavy atom. The summed E-state index contributed by atoms with van der Waals surface area (Å²) >= 11 is 3.31. The van der Waals surface area contributed by atoms with Gasteiger partial charge in [-0.2, -0.15) is 0 Å². The Labute approximate surface area is 89.4 Å². The first kappa shape index (κ1) is 9.36. The van der Waals surface area contributed by atoms with Crippen LogP contribution in [0, 0.1) is 0 Å². The second-order valence-electron chi connectivity index (χ2n) is 2.72. The molecule has 0 saturated heterocycles. The number of rotatable bonds is 2. The van der Waals surface area contributed by atoms with E-state index in [2.05, 4.69) is 25.9 Å². The Balaban J connectivity index is 2.44. The lowest BCUT2D eigenvalue weighted by molar-refractivity contribution is 0.212. The van der Waals surface area contributed by atoms with Gasteiger partial charge in [-0.3, -0.25) is 4.98 Å². The number of hydrogen-bond donors (Lipinski definition) is 1.